The first kappa shape index (κ1) is 13.8. The van der Waals surface area contributed by atoms with E-state index < -0.39 is 0 Å². The number of rotatable bonds is 5. The van der Waals surface area contributed by atoms with E-state index in [1.165, 1.54) is 0 Å². The molecule has 1 aromatic heterocycles. The van der Waals surface area contributed by atoms with Gasteiger partial charge >= 0.3 is 0 Å². The molecule has 0 aliphatic rings. The fourth-order valence-corrected chi connectivity index (χ4v) is 3.13. The van der Waals surface area contributed by atoms with Crippen LogP contribution in [0.25, 0.3) is 10.6 Å². The second-order valence-corrected chi connectivity index (χ2v) is 5.88. The summed E-state index contributed by atoms with van der Waals surface area (Å²) in [6, 6.07) is 6.00. The third-order valence-corrected chi connectivity index (χ3v) is 4.34. The van der Waals surface area contributed by atoms with Crippen molar-refractivity contribution in [2.24, 2.45) is 0 Å². The molecule has 0 saturated carbocycles. The van der Waals surface area contributed by atoms with Gasteiger partial charge in [-0.15, -0.1) is 22.9 Å². The van der Waals surface area contributed by atoms with Crippen LogP contribution in [0.4, 0.5) is 0 Å². The van der Waals surface area contributed by atoms with E-state index in [0.717, 1.165) is 39.3 Å². The molecule has 18 heavy (non-hydrogen) atoms. The first-order valence-corrected chi connectivity index (χ1v) is 7.79. The van der Waals surface area contributed by atoms with Gasteiger partial charge in [0.1, 0.15) is 10.8 Å². The molecule has 0 amide bonds. The highest BCUT2D eigenvalue weighted by molar-refractivity contribution is 9.10. The zero-order valence-electron chi connectivity index (χ0n) is 9.95. The second-order valence-electron chi connectivity index (χ2n) is 3.79. The summed E-state index contributed by atoms with van der Waals surface area (Å²) in [6.07, 6.45) is 1.91. The third-order valence-electron chi connectivity index (χ3n) is 2.52. The fraction of sp³-hybridized carbons (Fsp3) is 0.308. The van der Waals surface area contributed by atoms with Crippen LogP contribution in [0.1, 0.15) is 12.1 Å². The van der Waals surface area contributed by atoms with Crippen molar-refractivity contribution < 1.29 is 4.74 Å². The van der Waals surface area contributed by atoms with Crippen LogP contribution in [0.15, 0.2) is 28.1 Å². The standard InChI is InChI=1S/C13H13BrClNOS/c1-17-12-5-4-9(7-11(12)14)13-16-10(8-18-13)3-2-6-15/h4-5,7-8H,2-3,6H2,1H3. The SMILES string of the molecule is COc1ccc(-c2nc(CCCCl)cs2)cc1Br. The Labute approximate surface area is 124 Å². The molecular weight excluding hydrogens is 334 g/mol. The lowest BCUT2D eigenvalue weighted by Gasteiger charge is -2.04. The Kier molecular flexibility index (Phi) is 5.03. The predicted octanol–water partition coefficient (Wildman–Crippen LogP) is 4.75. The van der Waals surface area contributed by atoms with E-state index >= 15 is 0 Å². The summed E-state index contributed by atoms with van der Waals surface area (Å²) in [6.45, 7) is 0. The Bertz CT molecular complexity index is 529. The summed E-state index contributed by atoms with van der Waals surface area (Å²) in [5.74, 6) is 1.51. The number of thiazole rings is 1. The summed E-state index contributed by atoms with van der Waals surface area (Å²) in [7, 11) is 1.66. The minimum Gasteiger partial charge on any atom is -0.496 e. The average Bonchev–Trinajstić information content (AvgIpc) is 2.85. The summed E-state index contributed by atoms with van der Waals surface area (Å²) in [5, 5.41) is 3.13. The van der Waals surface area contributed by atoms with Gasteiger partial charge in [0, 0.05) is 16.8 Å². The van der Waals surface area contributed by atoms with Crippen molar-refractivity contribution in [1.82, 2.24) is 4.98 Å². The quantitative estimate of drug-likeness (QED) is 0.729. The first-order valence-electron chi connectivity index (χ1n) is 5.59. The van der Waals surface area contributed by atoms with Crippen molar-refractivity contribution in [2.75, 3.05) is 13.0 Å². The lowest BCUT2D eigenvalue weighted by atomic mass is 10.2. The van der Waals surface area contributed by atoms with Crippen molar-refractivity contribution in [3.63, 3.8) is 0 Å². The maximum Gasteiger partial charge on any atom is 0.133 e. The minimum absolute atomic E-state index is 0.681. The molecule has 0 aliphatic heterocycles. The predicted molar refractivity (Wildman–Crippen MR) is 80.8 cm³/mol. The first-order chi connectivity index (χ1) is 8.74. The number of ether oxygens (including phenoxy) is 1. The van der Waals surface area contributed by atoms with Gasteiger partial charge in [-0.3, -0.25) is 0 Å². The molecular formula is C13H13BrClNOS. The number of halogens is 2. The van der Waals surface area contributed by atoms with Crippen molar-refractivity contribution in [3.8, 4) is 16.3 Å². The maximum atomic E-state index is 5.68. The fourth-order valence-electron chi connectivity index (χ4n) is 1.60. The van der Waals surface area contributed by atoms with Crippen LogP contribution in [-0.4, -0.2) is 18.0 Å². The Morgan fingerprint density at radius 1 is 1.44 bits per heavy atom. The van der Waals surface area contributed by atoms with Crippen LogP contribution in [-0.2, 0) is 6.42 Å². The number of hydrogen-bond donors (Lipinski definition) is 0. The van der Waals surface area contributed by atoms with E-state index in [9.17, 15) is 0 Å². The molecule has 0 bridgehead atoms. The molecule has 1 heterocycles. The van der Waals surface area contributed by atoms with Gasteiger partial charge in [-0.1, -0.05) is 0 Å². The number of hydrogen-bond acceptors (Lipinski definition) is 3. The number of alkyl halides is 1. The Morgan fingerprint density at radius 2 is 2.28 bits per heavy atom. The molecule has 2 rings (SSSR count). The zero-order valence-corrected chi connectivity index (χ0v) is 13.1. The minimum atomic E-state index is 0.681. The van der Waals surface area contributed by atoms with Crippen molar-refractivity contribution in [2.45, 2.75) is 12.8 Å². The van der Waals surface area contributed by atoms with Crippen LogP contribution in [0, 0.1) is 0 Å². The van der Waals surface area contributed by atoms with Gasteiger partial charge in [-0.05, 0) is 47.0 Å². The molecule has 1 aromatic carbocycles. The Balaban J connectivity index is 2.20. The third kappa shape index (κ3) is 3.25. The van der Waals surface area contributed by atoms with Crippen molar-refractivity contribution in [1.29, 1.82) is 0 Å². The summed E-state index contributed by atoms with van der Waals surface area (Å²) >= 11 is 10.8. The van der Waals surface area contributed by atoms with Crippen LogP contribution in [0.5, 0.6) is 5.75 Å². The van der Waals surface area contributed by atoms with E-state index in [-0.39, 0.29) is 0 Å². The maximum absolute atomic E-state index is 5.68. The van der Waals surface area contributed by atoms with Gasteiger partial charge in [0.05, 0.1) is 17.3 Å². The van der Waals surface area contributed by atoms with E-state index in [0.29, 0.717) is 5.88 Å². The molecule has 0 aliphatic carbocycles. The number of aromatic nitrogens is 1. The van der Waals surface area contributed by atoms with Gasteiger partial charge in [-0.25, -0.2) is 4.98 Å². The van der Waals surface area contributed by atoms with Gasteiger partial charge < -0.3 is 4.74 Å². The number of aryl methyl sites for hydroxylation is 1. The molecule has 0 N–H and O–H groups in total. The van der Waals surface area contributed by atoms with Gasteiger partial charge in [0.25, 0.3) is 0 Å². The highest BCUT2D eigenvalue weighted by Crippen LogP contribution is 2.32. The van der Waals surface area contributed by atoms with Crippen LogP contribution in [0.2, 0.25) is 0 Å². The smallest absolute Gasteiger partial charge is 0.133 e. The highest BCUT2D eigenvalue weighted by atomic mass is 79.9. The highest BCUT2D eigenvalue weighted by Gasteiger charge is 2.07. The molecule has 2 nitrogen and oxygen atoms in total. The van der Waals surface area contributed by atoms with Gasteiger partial charge in [0.15, 0.2) is 0 Å². The molecule has 96 valence electrons. The molecule has 5 heteroatoms. The lowest BCUT2D eigenvalue weighted by molar-refractivity contribution is 0.412. The normalized spacial score (nSPS) is 10.6. The largest absolute Gasteiger partial charge is 0.496 e. The van der Waals surface area contributed by atoms with E-state index in [4.69, 9.17) is 16.3 Å². The molecule has 0 spiro atoms. The van der Waals surface area contributed by atoms with Crippen LogP contribution in [0.3, 0.4) is 0 Å². The monoisotopic (exact) mass is 345 g/mol. The summed E-state index contributed by atoms with van der Waals surface area (Å²) in [5.41, 5.74) is 2.22. The molecule has 0 atom stereocenters. The van der Waals surface area contributed by atoms with E-state index in [2.05, 4.69) is 26.3 Å². The van der Waals surface area contributed by atoms with Crippen LogP contribution < -0.4 is 4.74 Å². The summed E-state index contributed by atoms with van der Waals surface area (Å²) in [4.78, 5) is 4.61. The van der Waals surface area contributed by atoms with Gasteiger partial charge in [-0.2, -0.15) is 0 Å². The van der Waals surface area contributed by atoms with Crippen molar-refractivity contribution in [3.05, 3.63) is 33.7 Å². The molecule has 0 unspecified atom stereocenters. The van der Waals surface area contributed by atoms with Crippen molar-refractivity contribution >= 4 is 38.9 Å². The van der Waals surface area contributed by atoms with Crippen LogP contribution >= 0.6 is 38.9 Å². The topological polar surface area (TPSA) is 22.1 Å². The zero-order chi connectivity index (χ0) is 13.0. The Morgan fingerprint density at radius 3 is 2.94 bits per heavy atom. The molecule has 0 saturated heterocycles. The Hall–Kier alpha value is -0.580. The average molecular weight is 347 g/mol. The number of nitrogens with zero attached hydrogens (tertiary/aromatic N) is 1. The lowest BCUT2D eigenvalue weighted by Crippen LogP contribution is -1.87. The number of methoxy groups -OCH3 is 1. The second kappa shape index (κ2) is 6.55. The summed E-state index contributed by atoms with van der Waals surface area (Å²) < 4.78 is 6.16. The molecule has 2 aromatic rings. The van der Waals surface area contributed by atoms with Gasteiger partial charge in [0.2, 0.25) is 0 Å². The van der Waals surface area contributed by atoms with E-state index in [1.54, 1.807) is 18.4 Å². The number of benzene rings is 1. The molecule has 0 fully saturated rings. The molecule has 0 radical (unpaired) electrons. The van der Waals surface area contributed by atoms with E-state index in [1.807, 2.05) is 18.2 Å².